The van der Waals surface area contributed by atoms with E-state index in [2.05, 4.69) is 32.6 Å². The van der Waals surface area contributed by atoms with Gasteiger partial charge < -0.3 is 5.11 Å². The van der Waals surface area contributed by atoms with Crippen molar-refractivity contribution in [2.75, 3.05) is 6.54 Å². The molecule has 0 radical (unpaired) electrons. The lowest BCUT2D eigenvalue weighted by Crippen LogP contribution is -2.51. The molecule has 0 aromatic rings. The van der Waals surface area contributed by atoms with Crippen molar-refractivity contribution in [1.82, 2.24) is 4.90 Å². The third-order valence-electron chi connectivity index (χ3n) is 4.11. The molecule has 1 rings (SSSR count). The molecule has 0 heterocycles. The Morgan fingerprint density at radius 3 is 2.18 bits per heavy atom. The van der Waals surface area contributed by atoms with Gasteiger partial charge in [0.05, 0.1) is 6.10 Å². The summed E-state index contributed by atoms with van der Waals surface area (Å²) in [5.41, 5.74) is 0. The summed E-state index contributed by atoms with van der Waals surface area (Å²) in [6.45, 7) is 10.2. The van der Waals surface area contributed by atoms with Crippen LogP contribution in [-0.2, 0) is 0 Å². The van der Waals surface area contributed by atoms with Gasteiger partial charge in [0.1, 0.15) is 0 Å². The summed E-state index contributed by atoms with van der Waals surface area (Å²) in [5.74, 6) is 0.685. The lowest BCUT2D eigenvalue weighted by atomic mass is 9.89. The van der Waals surface area contributed by atoms with Crippen LogP contribution in [0.3, 0.4) is 0 Å². The summed E-state index contributed by atoms with van der Waals surface area (Å²) in [4.78, 5) is 2.61. The van der Waals surface area contributed by atoms with Crippen LogP contribution in [0.2, 0.25) is 0 Å². The van der Waals surface area contributed by atoms with E-state index in [1.165, 1.54) is 32.1 Å². The third-order valence-corrected chi connectivity index (χ3v) is 4.11. The smallest absolute Gasteiger partial charge is 0.0695 e. The summed E-state index contributed by atoms with van der Waals surface area (Å²) < 4.78 is 0. The molecule has 0 aromatic heterocycles. The Hall–Kier alpha value is -0.0800. The monoisotopic (exact) mass is 241 g/mol. The van der Waals surface area contributed by atoms with Gasteiger partial charge in [-0.15, -0.1) is 0 Å². The van der Waals surface area contributed by atoms with E-state index in [1.807, 2.05) is 0 Å². The van der Waals surface area contributed by atoms with Gasteiger partial charge in [-0.3, -0.25) is 4.90 Å². The average Bonchev–Trinajstić information content (AvgIpc) is 2.29. The van der Waals surface area contributed by atoms with Crippen LogP contribution in [0, 0.1) is 5.92 Å². The highest BCUT2D eigenvalue weighted by molar-refractivity contribution is 4.86. The molecule has 0 amide bonds. The topological polar surface area (TPSA) is 23.5 Å². The number of aliphatic hydroxyl groups excluding tert-OH is 1. The number of hydrogen-bond acceptors (Lipinski definition) is 2. The van der Waals surface area contributed by atoms with E-state index in [0.717, 1.165) is 13.0 Å². The fraction of sp³-hybridized carbons (Fsp3) is 1.00. The van der Waals surface area contributed by atoms with Crippen LogP contribution in [0.15, 0.2) is 0 Å². The fourth-order valence-corrected chi connectivity index (χ4v) is 3.21. The van der Waals surface area contributed by atoms with E-state index in [0.29, 0.717) is 18.0 Å². The number of rotatable bonds is 6. The molecule has 2 nitrogen and oxygen atoms in total. The minimum Gasteiger partial charge on any atom is -0.391 e. The summed E-state index contributed by atoms with van der Waals surface area (Å²) >= 11 is 0. The molecule has 1 aliphatic rings. The van der Waals surface area contributed by atoms with Crippen molar-refractivity contribution in [3.05, 3.63) is 0 Å². The molecule has 0 spiro atoms. The molecule has 1 aliphatic carbocycles. The van der Waals surface area contributed by atoms with Crippen molar-refractivity contribution in [3.63, 3.8) is 0 Å². The van der Waals surface area contributed by atoms with Crippen molar-refractivity contribution >= 4 is 0 Å². The van der Waals surface area contributed by atoms with Gasteiger partial charge in [0, 0.05) is 18.6 Å². The van der Waals surface area contributed by atoms with Crippen LogP contribution in [0.25, 0.3) is 0 Å². The van der Waals surface area contributed by atoms with Gasteiger partial charge in [-0.2, -0.15) is 0 Å². The first-order valence-corrected chi connectivity index (χ1v) is 7.53. The Morgan fingerprint density at radius 2 is 1.71 bits per heavy atom. The number of nitrogens with zero attached hydrogens (tertiary/aromatic N) is 1. The van der Waals surface area contributed by atoms with Crippen molar-refractivity contribution < 1.29 is 5.11 Å². The predicted octanol–water partition coefficient (Wildman–Crippen LogP) is 3.44. The normalized spacial score (nSPS) is 26.1. The first-order valence-electron chi connectivity index (χ1n) is 7.53. The molecule has 0 aromatic carbocycles. The third kappa shape index (κ3) is 4.26. The standard InChI is InChI=1S/C15H31NO/c1-5-13(6-2)16(11-12(3)4)14-9-7-8-10-15(14)17/h12-15,17H,5-11H2,1-4H3. The summed E-state index contributed by atoms with van der Waals surface area (Å²) in [6.07, 6.45) is 6.98. The second-order valence-corrected chi connectivity index (χ2v) is 5.98. The molecule has 0 saturated heterocycles. The molecule has 102 valence electrons. The first-order chi connectivity index (χ1) is 8.10. The van der Waals surface area contributed by atoms with Crippen LogP contribution in [0.1, 0.15) is 66.2 Å². The molecule has 2 heteroatoms. The van der Waals surface area contributed by atoms with Crippen LogP contribution in [0.4, 0.5) is 0 Å². The van der Waals surface area contributed by atoms with E-state index < -0.39 is 0 Å². The first kappa shape index (κ1) is 15.0. The Kier molecular flexibility index (Phi) is 6.50. The predicted molar refractivity (Wildman–Crippen MR) is 74.2 cm³/mol. The maximum atomic E-state index is 10.3. The summed E-state index contributed by atoms with van der Waals surface area (Å²) in [7, 11) is 0. The second-order valence-electron chi connectivity index (χ2n) is 5.98. The van der Waals surface area contributed by atoms with E-state index in [-0.39, 0.29) is 6.10 Å². The Labute approximate surface area is 107 Å². The quantitative estimate of drug-likeness (QED) is 0.770. The maximum Gasteiger partial charge on any atom is 0.0695 e. The zero-order chi connectivity index (χ0) is 12.8. The van der Waals surface area contributed by atoms with E-state index in [9.17, 15) is 5.11 Å². The Balaban J connectivity index is 2.72. The maximum absolute atomic E-state index is 10.3. The van der Waals surface area contributed by atoms with Crippen LogP contribution in [0.5, 0.6) is 0 Å². The molecule has 1 saturated carbocycles. The Morgan fingerprint density at radius 1 is 1.12 bits per heavy atom. The molecule has 17 heavy (non-hydrogen) atoms. The highest BCUT2D eigenvalue weighted by Gasteiger charge is 2.31. The van der Waals surface area contributed by atoms with Crippen LogP contribution in [-0.4, -0.2) is 34.7 Å². The van der Waals surface area contributed by atoms with Crippen molar-refractivity contribution in [3.8, 4) is 0 Å². The van der Waals surface area contributed by atoms with Crippen LogP contribution >= 0.6 is 0 Å². The lowest BCUT2D eigenvalue weighted by molar-refractivity contribution is -0.00948. The van der Waals surface area contributed by atoms with Gasteiger partial charge in [0.25, 0.3) is 0 Å². The van der Waals surface area contributed by atoms with Crippen molar-refractivity contribution in [1.29, 1.82) is 0 Å². The average molecular weight is 241 g/mol. The van der Waals surface area contributed by atoms with Crippen molar-refractivity contribution in [2.45, 2.75) is 84.4 Å². The number of aliphatic hydroxyl groups is 1. The largest absolute Gasteiger partial charge is 0.391 e. The number of hydrogen-bond donors (Lipinski definition) is 1. The highest BCUT2D eigenvalue weighted by atomic mass is 16.3. The molecular formula is C15H31NO. The zero-order valence-electron chi connectivity index (χ0n) is 12.2. The second kappa shape index (κ2) is 7.38. The molecule has 1 N–H and O–H groups in total. The van der Waals surface area contributed by atoms with Gasteiger partial charge in [-0.1, -0.05) is 40.5 Å². The molecule has 1 fully saturated rings. The SMILES string of the molecule is CCC(CC)N(CC(C)C)C1CCCCC1O. The van der Waals surface area contributed by atoms with Crippen molar-refractivity contribution in [2.24, 2.45) is 5.92 Å². The summed E-state index contributed by atoms with van der Waals surface area (Å²) in [5, 5.41) is 10.3. The van der Waals surface area contributed by atoms with Crippen LogP contribution < -0.4 is 0 Å². The van der Waals surface area contributed by atoms with E-state index >= 15 is 0 Å². The van der Waals surface area contributed by atoms with Gasteiger partial charge in [0.15, 0.2) is 0 Å². The van der Waals surface area contributed by atoms with Gasteiger partial charge >= 0.3 is 0 Å². The Bertz CT molecular complexity index is 201. The lowest BCUT2D eigenvalue weighted by Gasteiger charge is -2.43. The van der Waals surface area contributed by atoms with Gasteiger partial charge in [0.2, 0.25) is 0 Å². The fourth-order valence-electron chi connectivity index (χ4n) is 3.21. The molecule has 2 atom stereocenters. The minimum absolute atomic E-state index is 0.0944. The zero-order valence-corrected chi connectivity index (χ0v) is 12.2. The molecule has 0 bridgehead atoms. The summed E-state index contributed by atoms with van der Waals surface area (Å²) in [6, 6.07) is 1.06. The van der Waals surface area contributed by atoms with E-state index in [4.69, 9.17) is 0 Å². The van der Waals surface area contributed by atoms with Gasteiger partial charge in [-0.05, 0) is 31.6 Å². The molecular weight excluding hydrogens is 210 g/mol. The highest BCUT2D eigenvalue weighted by Crippen LogP contribution is 2.27. The molecule has 2 unspecified atom stereocenters. The molecule has 0 aliphatic heterocycles. The van der Waals surface area contributed by atoms with E-state index in [1.54, 1.807) is 0 Å². The minimum atomic E-state index is -0.0944. The van der Waals surface area contributed by atoms with Gasteiger partial charge in [-0.25, -0.2) is 0 Å².